The molecule has 0 bridgehead atoms. The van der Waals surface area contributed by atoms with Crippen molar-refractivity contribution >= 4 is 23.2 Å². The van der Waals surface area contributed by atoms with Crippen molar-refractivity contribution < 1.29 is 0 Å². The van der Waals surface area contributed by atoms with Crippen molar-refractivity contribution in [1.82, 2.24) is 5.43 Å². The predicted molar refractivity (Wildman–Crippen MR) is 64.0 cm³/mol. The molecular weight excluding hydrogens is 231 g/mol. The Morgan fingerprint density at radius 3 is 2.40 bits per heavy atom. The zero-order chi connectivity index (χ0) is 10.8. The molecule has 0 aromatic heterocycles. The van der Waals surface area contributed by atoms with Crippen LogP contribution in [0.3, 0.4) is 0 Å². The Morgan fingerprint density at radius 2 is 1.93 bits per heavy atom. The van der Waals surface area contributed by atoms with Gasteiger partial charge in [0.2, 0.25) is 0 Å². The Hall–Kier alpha value is -0.280. The van der Waals surface area contributed by atoms with Gasteiger partial charge in [-0.2, -0.15) is 0 Å². The number of nitrogens with one attached hydrogen (secondary N) is 1. The van der Waals surface area contributed by atoms with E-state index < -0.39 is 0 Å². The Bertz CT molecular complexity index is 330. The molecule has 82 valence electrons. The predicted octanol–water partition coefficient (Wildman–Crippen LogP) is 2.78. The third-order valence-corrected chi connectivity index (χ3v) is 3.60. The summed E-state index contributed by atoms with van der Waals surface area (Å²) < 4.78 is 0. The lowest BCUT2D eigenvalue weighted by Gasteiger charge is -2.16. The highest BCUT2D eigenvalue weighted by atomic mass is 35.5. The molecule has 1 aromatic carbocycles. The van der Waals surface area contributed by atoms with Crippen LogP contribution in [0.25, 0.3) is 0 Å². The van der Waals surface area contributed by atoms with E-state index in [1.165, 1.54) is 12.8 Å². The fourth-order valence-electron chi connectivity index (χ4n) is 1.81. The van der Waals surface area contributed by atoms with Gasteiger partial charge in [-0.3, -0.25) is 11.3 Å². The lowest BCUT2D eigenvalue weighted by atomic mass is 10.0. The highest BCUT2D eigenvalue weighted by Crippen LogP contribution is 2.35. The number of hydrogen-bond donors (Lipinski definition) is 2. The van der Waals surface area contributed by atoms with Crippen LogP contribution in [-0.2, 0) is 6.42 Å². The summed E-state index contributed by atoms with van der Waals surface area (Å²) in [6.45, 7) is 0. The van der Waals surface area contributed by atoms with Gasteiger partial charge in [0.05, 0.1) is 0 Å². The van der Waals surface area contributed by atoms with Crippen LogP contribution in [0.2, 0.25) is 10.0 Å². The van der Waals surface area contributed by atoms with Gasteiger partial charge in [-0.05, 0) is 42.9 Å². The zero-order valence-corrected chi connectivity index (χ0v) is 9.85. The van der Waals surface area contributed by atoms with Crippen LogP contribution in [0.1, 0.15) is 18.4 Å². The summed E-state index contributed by atoms with van der Waals surface area (Å²) in [4.78, 5) is 0. The van der Waals surface area contributed by atoms with Gasteiger partial charge in [0.25, 0.3) is 0 Å². The van der Waals surface area contributed by atoms with Crippen LogP contribution in [0.4, 0.5) is 0 Å². The van der Waals surface area contributed by atoms with Crippen LogP contribution in [0, 0.1) is 5.92 Å². The van der Waals surface area contributed by atoms with Crippen molar-refractivity contribution in [1.29, 1.82) is 0 Å². The Kier molecular flexibility index (Phi) is 3.52. The molecule has 0 heterocycles. The van der Waals surface area contributed by atoms with Crippen molar-refractivity contribution in [2.75, 3.05) is 0 Å². The van der Waals surface area contributed by atoms with E-state index >= 15 is 0 Å². The summed E-state index contributed by atoms with van der Waals surface area (Å²) in [7, 11) is 0. The first kappa shape index (κ1) is 11.2. The van der Waals surface area contributed by atoms with Crippen LogP contribution in [0.15, 0.2) is 18.2 Å². The fourth-order valence-corrected chi connectivity index (χ4v) is 2.36. The highest BCUT2D eigenvalue weighted by Gasteiger charge is 2.31. The third-order valence-electron chi connectivity index (χ3n) is 2.89. The molecule has 1 aliphatic rings. The van der Waals surface area contributed by atoms with Gasteiger partial charge in [-0.15, -0.1) is 0 Å². The van der Waals surface area contributed by atoms with Gasteiger partial charge in [0.1, 0.15) is 0 Å². The summed E-state index contributed by atoms with van der Waals surface area (Å²) >= 11 is 12.2. The first-order valence-electron chi connectivity index (χ1n) is 5.11. The molecule has 0 amide bonds. The summed E-state index contributed by atoms with van der Waals surface area (Å²) in [5, 5.41) is 1.45. The second-order valence-corrected chi connectivity index (χ2v) is 4.83. The number of hydrogen-bond acceptors (Lipinski definition) is 2. The molecule has 0 spiro atoms. The lowest BCUT2D eigenvalue weighted by Crippen LogP contribution is -2.38. The van der Waals surface area contributed by atoms with Crippen LogP contribution in [0.5, 0.6) is 0 Å². The average molecular weight is 245 g/mol. The van der Waals surface area contributed by atoms with E-state index in [1.54, 1.807) is 0 Å². The maximum Gasteiger partial charge on any atom is 0.0453 e. The maximum absolute atomic E-state index is 6.10. The molecule has 2 rings (SSSR count). The zero-order valence-electron chi connectivity index (χ0n) is 8.34. The molecule has 1 fully saturated rings. The molecule has 4 heteroatoms. The van der Waals surface area contributed by atoms with Gasteiger partial charge in [-0.1, -0.05) is 29.3 Å². The van der Waals surface area contributed by atoms with Crippen LogP contribution >= 0.6 is 23.2 Å². The van der Waals surface area contributed by atoms with Gasteiger partial charge in [0, 0.05) is 16.1 Å². The van der Waals surface area contributed by atoms with E-state index in [0.717, 1.165) is 22.0 Å². The minimum absolute atomic E-state index is 0.294. The first-order chi connectivity index (χ1) is 7.22. The van der Waals surface area contributed by atoms with Crippen LogP contribution < -0.4 is 11.3 Å². The SMILES string of the molecule is NNC(Cc1c(Cl)cccc1Cl)C1CC1. The van der Waals surface area contributed by atoms with E-state index in [4.69, 9.17) is 29.0 Å². The maximum atomic E-state index is 6.10. The van der Waals surface area contributed by atoms with Crippen LogP contribution in [-0.4, -0.2) is 6.04 Å². The number of nitrogens with two attached hydrogens (primary N) is 1. The number of hydrazine groups is 1. The van der Waals surface area contributed by atoms with Gasteiger partial charge >= 0.3 is 0 Å². The van der Waals surface area contributed by atoms with E-state index in [-0.39, 0.29) is 0 Å². The molecule has 1 atom stereocenters. The molecule has 3 N–H and O–H groups in total. The van der Waals surface area contributed by atoms with Crippen molar-refractivity contribution in [3.63, 3.8) is 0 Å². The third kappa shape index (κ3) is 2.64. The smallest absolute Gasteiger partial charge is 0.0453 e. The Labute approximate surface area is 99.7 Å². The minimum atomic E-state index is 0.294. The monoisotopic (exact) mass is 244 g/mol. The van der Waals surface area contributed by atoms with Gasteiger partial charge in [0.15, 0.2) is 0 Å². The molecule has 1 aromatic rings. The molecule has 1 aliphatic carbocycles. The molecular formula is C11H14Cl2N2. The number of benzene rings is 1. The second-order valence-electron chi connectivity index (χ2n) is 4.01. The Balaban J connectivity index is 2.14. The number of halogens is 2. The molecule has 15 heavy (non-hydrogen) atoms. The van der Waals surface area contributed by atoms with Crippen molar-refractivity contribution in [2.45, 2.75) is 25.3 Å². The molecule has 1 saturated carbocycles. The van der Waals surface area contributed by atoms with E-state index in [2.05, 4.69) is 5.43 Å². The normalized spacial score (nSPS) is 17.8. The fraction of sp³-hybridized carbons (Fsp3) is 0.455. The van der Waals surface area contributed by atoms with Gasteiger partial charge in [-0.25, -0.2) is 0 Å². The van der Waals surface area contributed by atoms with E-state index in [1.807, 2.05) is 18.2 Å². The molecule has 0 radical (unpaired) electrons. The standard InChI is InChI=1S/C11H14Cl2N2/c12-9-2-1-3-10(13)8(9)6-11(15-14)7-4-5-7/h1-3,7,11,15H,4-6,14H2. The minimum Gasteiger partial charge on any atom is -0.271 e. The van der Waals surface area contributed by atoms with E-state index in [0.29, 0.717) is 12.0 Å². The van der Waals surface area contributed by atoms with Crippen molar-refractivity contribution in [3.05, 3.63) is 33.8 Å². The molecule has 1 unspecified atom stereocenters. The summed E-state index contributed by atoms with van der Waals surface area (Å²) in [6.07, 6.45) is 3.30. The second kappa shape index (κ2) is 4.71. The summed E-state index contributed by atoms with van der Waals surface area (Å²) in [5.41, 5.74) is 3.85. The highest BCUT2D eigenvalue weighted by molar-refractivity contribution is 6.36. The first-order valence-corrected chi connectivity index (χ1v) is 5.87. The lowest BCUT2D eigenvalue weighted by molar-refractivity contribution is 0.472. The van der Waals surface area contributed by atoms with Crippen molar-refractivity contribution in [2.24, 2.45) is 11.8 Å². The van der Waals surface area contributed by atoms with Gasteiger partial charge < -0.3 is 0 Å². The summed E-state index contributed by atoms with van der Waals surface area (Å²) in [5.74, 6) is 6.21. The van der Waals surface area contributed by atoms with Crippen molar-refractivity contribution in [3.8, 4) is 0 Å². The molecule has 0 saturated heterocycles. The molecule has 2 nitrogen and oxygen atoms in total. The van der Waals surface area contributed by atoms with E-state index in [9.17, 15) is 0 Å². The molecule has 0 aliphatic heterocycles. The quantitative estimate of drug-likeness (QED) is 0.632. The number of rotatable bonds is 4. The largest absolute Gasteiger partial charge is 0.271 e. The summed E-state index contributed by atoms with van der Waals surface area (Å²) in [6, 6.07) is 5.88. The Morgan fingerprint density at radius 1 is 1.33 bits per heavy atom. The average Bonchev–Trinajstić information content (AvgIpc) is 3.01. The topological polar surface area (TPSA) is 38.0 Å².